The van der Waals surface area contributed by atoms with Crippen LogP contribution in [0.2, 0.25) is 5.02 Å². The fraction of sp³-hybridized carbons (Fsp3) is 0.0714. The molecule has 0 atom stereocenters. The average Bonchev–Trinajstić information content (AvgIpc) is 2.48. The molecule has 2 rings (SSSR count). The highest BCUT2D eigenvalue weighted by Crippen LogP contribution is 2.35. The van der Waals surface area contributed by atoms with Crippen LogP contribution in [-0.2, 0) is 6.18 Å². The van der Waals surface area contributed by atoms with E-state index in [2.05, 4.69) is 0 Å². The lowest BCUT2D eigenvalue weighted by Crippen LogP contribution is -2.17. The number of hydrogen-bond donors (Lipinski definition) is 1. The maximum absolute atomic E-state index is 13.0. The highest BCUT2D eigenvalue weighted by Gasteiger charge is 2.34. The Labute approximate surface area is 137 Å². The molecule has 0 saturated heterocycles. The number of halogens is 5. The summed E-state index contributed by atoms with van der Waals surface area (Å²) in [5.41, 5.74) is -2.93. The van der Waals surface area contributed by atoms with E-state index in [9.17, 15) is 32.5 Å². The van der Waals surface area contributed by atoms with Crippen molar-refractivity contribution in [2.24, 2.45) is 0 Å². The number of benzene rings is 2. The van der Waals surface area contributed by atoms with Crippen molar-refractivity contribution in [2.45, 2.75) is 6.18 Å². The maximum Gasteiger partial charge on any atom is 0.418 e. The third-order valence-corrected chi connectivity index (χ3v) is 3.27. The van der Waals surface area contributed by atoms with Gasteiger partial charge in [0.2, 0.25) is 0 Å². The van der Waals surface area contributed by atoms with Crippen LogP contribution in [0.3, 0.4) is 0 Å². The molecule has 5 nitrogen and oxygen atoms in total. The van der Waals surface area contributed by atoms with Crippen LogP contribution in [0.25, 0.3) is 0 Å². The summed E-state index contributed by atoms with van der Waals surface area (Å²) >= 11 is 5.75. The predicted molar refractivity (Wildman–Crippen MR) is 77.5 cm³/mol. The zero-order valence-electron chi connectivity index (χ0n) is 11.5. The van der Waals surface area contributed by atoms with E-state index in [4.69, 9.17) is 11.6 Å². The minimum absolute atomic E-state index is 0.186. The number of carbonyl (C=O) groups is 1. The molecule has 0 aliphatic rings. The quantitative estimate of drug-likeness (QED) is 0.490. The second-order valence-corrected chi connectivity index (χ2v) is 4.97. The number of alkyl halides is 3. The van der Waals surface area contributed by atoms with Gasteiger partial charge in [-0.3, -0.25) is 14.9 Å². The Kier molecular flexibility index (Phi) is 4.74. The topological polar surface area (TPSA) is 72.2 Å². The Balaban J connectivity index is 2.41. The van der Waals surface area contributed by atoms with E-state index >= 15 is 0 Å². The van der Waals surface area contributed by atoms with Gasteiger partial charge >= 0.3 is 6.18 Å². The molecule has 0 aliphatic heterocycles. The molecule has 0 radical (unpaired) electrons. The molecule has 0 aliphatic carbocycles. The first-order chi connectivity index (χ1) is 11.1. The second kappa shape index (κ2) is 6.44. The standard InChI is InChI=1S/C14H7ClF4N2O3/c15-11-3-2-8(21(23)24)6-9(11)13(22)20-12-4-1-7(16)5-10(12)14(17,18)19/h1-6H,(H,20,22). The van der Waals surface area contributed by atoms with Crippen LogP contribution < -0.4 is 5.32 Å². The van der Waals surface area contributed by atoms with E-state index in [1.54, 1.807) is 0 Å². The van der Waals surface area contributed by atoms with Gasteiger partial charge < -0.3 is 5.32 Å². The largest absolute Gasteiger partial charge is 0.418 e. The number of carbonyl (C=O) groups excluding carboxylic acids is 1. The molecule has 1 amide bonds. The van der Waals surface area contributed by atoms with E-state index in [0.717, 1.165) is 30.3 Å². The summed E-state index contributed by atoms with van der Waals surface area (Å²) in [5.74, 6) is -2.23. The molecule has 10 heteroatoms. The van der Waals surface area contributed by atoms with Crippen LogP contribution in [0.15, 0.2) is 36.4 Å². The summed E-state index contributed by atoms with van der Waals surface area (Å²) in [6, 6.07) is 4.64. The smallest absolute Gasteiger partial charge is 0.321 e. The summed E-state index contributed by atoms with van der Waals surface area (Å²) < 4.78 is 51.7. The lowest BCUT2D eigenvalue weighted by atomic mass is 10.1. The first-order valence-electron chi connectivity index (χ1n) is 6.21. The van der Waals surface area contributed by atoms with Crippen molar-refractivity contribution in [3.63, 3.8) is 0 Å². The number of nitrogens with one attached hydrogen (secondary N) is 1. The van der Waals surface area contributed by atoms with Crippen molar-refractivity contribution in [3.05, 3.63) is 68.5 Å². The van der Waals surface area contributed by atoms with Gasteiger partial charge in [0, 0.05) is 12.1 Å². The summed E-state index contributed by atoms with van der Waals surface area (Å²) in [5, 5.41) is 12.5. The number of amides is 1. The van der Waals surface area contributed by atoms with Crippen LogP contribution in [0.5, 0.6) is 0 Å². The fourth-order valence-corrected chi connectivity index (χ4v) is 2.05. The van der Waals surface area contributed by atoms with Gasteiger partial charge in [-0.1, -0.05) is 11.6 Å². The number of anilines is 1. The molecular formula is C14H7ClF4N2O3. The van der Waals surface area contributed by atoms with Crippen LogP contribution in [0.1, 0.15) is 15.9 Å². The zero-order chi connectivity index (χ0) is 18.1. The van der Waals surface area contributed by atoms with Gasteiger partial charge in [-0.15, -0.1) is 0 Å². The van der Waals surface area contributed by atoms with Gasteiger partial charge in [0.1, 0.15) is 5.82 Å². The second-order valence-electron chi connectivity index (χ2n) is 4.56. The molecule has 126 valence electrons. The summed E-state index contributed by atoms with van der Waals surface area (Å²) in [6.07, 6.45) is -4.91. The van der Waals surface area contributed by atoms with E-state index in [1.807, 2.05) is 5.32 Å². The molecule has 1 N–H and O–H groups in total. The molecule has 24 heavy (non-hydrogen) atoms. The SMILES string of the molecule is O=C(Nc1ccc(F)cc1C(F)(F)F)c1cc([N+](=O)[O-])ccc1Cl. The van der Waals surface area contributed by atoms with Gasteiger partial charge in [-0.05, 0) is 24.3 Å². The van der Waals surface area contributed by atoms with Crippen molar-refractivity contribution in [3.8, 4) is 0 Å². The minimum atomic E-state index is -4.91. The molecular weight excluding hydrogens is 356 g/mol. The Morgan fingerprint density at radius 3 is 2.42 bits per heavy atom. The highest BCUT2D eigenvalue weighted by molar-refractivity contribution is 6.34. The van der Waals surface area contributed by atoms with Gasteiger partial charge in [0.15, 0.2) is 0 Å². The monoisotopic (exact) mass is 362 g/mol. The zero-order valence-corrected chi connectivity index (χ0v) is 12.3. The number of nitro groups is 1. The molecule has 0 spiro atoms. The van der Waals surface area contributed by atoms with E-state index in [0.29, 0.717) is 0 Å². The average molecular weight is 363 g/mol. The molecule has 0 unspecified atom stereocenters. The van der Waals surface area contributed by atoms with Crippen LogP contribution in [-0.4, -0.2) is 10.8 Å². The van der Waals surface area contributed by atoms with Gasteiger partial charge in [-0.2, -0.15) is 13.2 Å². The van der Waals surface area contributed by atoms with Crippen molar-refractivity contribution >= 4 is 28.9 Å². The number of hydrogen-bond acceptors (Lipinski definition) is 3. The molecule has 2 aromatic rings. The summed E-state index contributed by atoms with van der Waals surface area (Å²) in [7, 11) is 0. The van der Waals surface area contributed by atoms with E-state index < -0.39 is 39.8 Å². The summed E-state index contributed by atoms with van der Waals surface area (Å²) in [4.78, 5) is 22.0. The normalized spacial score (nSPS) is 11.2. The lowest BCUT2D eigenvalue weighted by Gasteiger charge is -2.14. The lowest BCUT2D eigenvalue weighted by molar-refractivity contribution is -0.384. The fourth-order valence-electron chi connectivity index (χ4n) is 1.85. The number of non-ortho nitro benzene ring substituents is 1. The van der Waals surface area contributed by atoms with E-state index in [1.165, 1.54) is 0 Å². The Morgan fingerprint density at radius 2 is 1.83 bits per heavy atom. The van der Waals surface area contributed by atoms with Gasteiger partial charge in [-0.25, -0.2) is 4.39 Å². The first-order valence-corrected chi connectivity index (χ1v) is 6.59. The van der Waals surface area contributed by atoms with Crippen LogP contribution in [0, 0.1) is 15.9 Å². The predicted octanol–water partition coefficient (Wildman–Crippen LogP) is 4.66. The Morgan fingerprint density at radius 1 is 1.17 bits per heavy atom. The number of nitrogens with zero attached hydrogens (tertiary/aromatic N) is 1. The molecule has 0 aromatic heterocycles. The van der Waals surface area contributed by atoms with Crippen molar-refractivity contribution in [2.75, 3.05) is 5.32 Å². The molecule has 0 saturated carbocycles. The van der Waals surface area contributed by atoms with Crippen molar-refractivity contribution < 1.29 is 27.3 Å². The minimum Gasteiger partial charge on any atom is -0.321 e. The molecule has 0 bridgehead atoms. The van der Waals surface area contributed by atoms with Crippen LogP contribution in [0.4, 0.5) is 28.9 Å². The van der Waals surface area contributed by atoms with Crippen LogP contribution >= 0.6 is 11.6 Å². The van der Waals surface area contributed by atoms with Gasteiger partial charge in [0.05, 0.1) is 26.8 Å². The number of rotatable bonds is 3. The highest BCUT2D eigenvalue weighted by atomic mass is 35.5. The summed E-state index contributed by atoms with van der Waals surface area (Å²) in [6.45, 7) is 0. The van der Waals surface area contributed by atoms with E-state index in [-0.39, 0.29) is 16.7 Å². The first kappa shape index (κ1) is 17.7. The Bertz CT molecular complexity index is 824. The molecule has 2 aromatic carbocycles. The third-order valence-electron chi connectivity index (χ3n) is 2.94. The van der Waals surface area contributed by atoms with Crippen molar-refractivity contribution in [1.29, 1.82) is 0 Å². The molecule has 0 fully saturated rings. The third kappa shape index (κ3) is 3.80. The molecule has 0 heterocycles. The number of nitro benzene ring substituents is 1. The van der Waals surface area contributed by atoms with Gasteiger partial charge in [0.25, 0.3) is 11.6 Å². The Hall–Kier alpha value is -2.68. The van der Waals surface area contributed by atoms with Crippen molar-refractivity contribution in [1.82, 2.24) is 0 Å². The maximum atomic E-state index is 13.0.